The number of carboxylic acids is 1. The standard InChI is InChI=1S/C10H12O5S/c11-7-2-1-5(10(14)15)3-6(7)9(13)8(12)4-16/h1-3,8-9,11-13,16H,4H2,(H,14,15). The van der Waals surface area contributed by atoms with Gasteiger partial charge in [0.15, 0.2) is 0 Å². The number of phenolic OH excluding ortho intramolecular Hbond substituents is 1. The van der Waals surface area contributed by atoms with Crippen molar-refractivity contribution in [1.82, 2.24) is 0 Å². The van der Waals surface area contributed by atoms with Crippen LogP contribution in [0.1, 0.15) is 22.0 Å². The van der Waals surface area contributed by atoms with Crippen LogP contribution in [0.25, 0.3) is 0 Å². The van der Waals surface area contributed by atoms with E-state index in [1.807, 2.05) is 0 Å². The lowest BCUT2D eigenvalue weighted by molar-refractivity contribution is 0.0321. The van der Waals surface area contributed by atoms with Crippen LogP contribution in [0.2, 0.25) is 0 Å². The normalized spacial score (nSPS) is 14.4. The Morgan fingerprint density at radius 2 is 2.00 bits per heavy atom. The first-order valence-corrected chi connectivity index (χ1v) is 5.13. The minimum Gasteiger partial charge on any atom is -0.508 e. The second-order valence-corrected chi connectivity index (χ2v) is 3.64. The summed E-state index contributed by atoms with van der Waals surface area (Å²) in [6, 6.07) is 3.49. The van der Waals surface area contributed by atoms with Gasteiger partial charge in [-0.2, -0.15) is 12.6 Å². The van der Waals surface area contributed by atoms with E-state index in [2.05, 4.69) is 12.6 Å². The highest BCUT2D eigenvalue weighted by molar-refractivity contribution is 7.80. The van der Waals surface area contributed by atoms with Gasteiger partial charge in [-0.1, -0.05) is 0 Å². The highest BCUT2D eigenvalue weighted by atomic mass is 32.1. The van der Waals surface area contributed by atoms with Crippen molar-refractivity contribution >= 4 is 18.6 Å². The van der Waals surface area contributed by atoms with Crippen LogP contribution in [-0.4, -0.2) is 38.3 Å². The van der Waals surface area contributed by atoms with E-state index in [4.69, 9.17) is 5.11 Å². The first kappa shape index (κ1) is 12.8. The highest BCUT2D eigenvalue weighted by Crippen LogP contribution is 2.27. The number of carbonyl (C=O) groups is 1. The van der Waals surface area contributed by atoms with E-state index < -0.39 is 18.2 Å². The summed E-state index contributed by atoms with van der Waals surface area (Å²) >= 11 is 3.80. The zero-order valence-corrected chi connectivity index (χ0v) is 9.13. The van der Waals surface area contributed by atoms with E-state index >= 15 is 0 Å². The van der Waals surface area contributed by atoms with Crippen molar-refractivity contribution in [1.29, 1.82) is 0 Å². The van der Waals surface area contributed by atoms with Crippen molar-refractivity contribution in [3.8, 4) is 5.75 Å². The van der Waals surface area contributed by atoms with Crippen molar-refractivity contribution in [2.75, 3.05) is 5.75 Å². The van der Waals surface area contributed by atoms with Crippen LogP contribution in [-0.2, 0) is 0 Å². The molecule has 4 N–H and O–H groups in total. The Bertz CT molecular complexity index is 393. The number of aliphatic hydroxyl groups excluding tert-OH is 2. The summed E-state index contributed by atoms with van der Waals surface area (Å²) in [5, 5.41) is 37.2. The Labute approximate surface area is 97.4 Å². The van der Waals surface area contributed by atoms with Crippen molar-refractivity contribution in [3.63, 3.8) is 0 Å². The van der Waals surface area contributed by atoms with Gasteiger partial charge in [0.25, 0.3) is 0 Å². The van der Waals surface area contributed by atoms with Crippen molar-refractivity contribution < 1.29 is 25.2 Å². The number of rotatable bonds is 4. The lowest BCUT2D eigenvalue weighted by atomic mass is 10.0. The third-order valence-electron chi connectivity index (χ3n) is 2.14. The lowest BCUT2D eigenvalue weighted by Gasteiger charge is -2.17. The summed E-state index contributed by atoms with van der Waals surface area (Å²) in [6.45, 7) is 0. The second-order valence-electron chi connectivity index (χ2n) is 3.27. The molecule has 0 saturated heterocycles. The molecule has 1 rings (SSSR count). The maximum atomic E-state index is 10.7. The molecule has 0 aliphatic rings. The summed E-state index contributed by atoms with van der Waals surface area (Å²) in [4.78, 5) is 10.7. The van der Waals surface area contributed by atoms with Crippen LogP contribution < -0.4 is 0 Å². The van der Waals surface area contributed by atoms with Crippen molar-refractivity contribution in [2.24, 2.45) is 0 Å². The summed E-state index contributed by atoms with van der Waals surface area (Å²) in [5.41, 5.74) is -0.0975. The smallest absolute Gasteiger partial charge is 0.335 e. The molecule has 0 spiro atoms. The van der Waals surface area contributed by atoms with Gasteiger partial charge in [-0.25, -0.2) is 4.79 Å². The van der Waals surface area contributed by atoms with Crippen LogP contribution in [0.5, 0.6) is 5.75 Å². The van der Waals surface area contributed by atoms with E-state index in [0.717, 1.165) is 12.1 Å². The molecular weight excluding hydrogens is 232 g/mol. The zero-order valence-electron chi connectivity index (χ0n) is 8.24. The van der Waals surface area contributed by atoms with E-state index in [1.54, 1.807) is 0 Å². The minimum absolute atomic E-state index is 0.00208. The van der Waals surface area contributed by atoms with Gasteiger partial charge in [0.05, 0.1) is 11.7 Å². The first-order chi connectivity index (χ1) is 7.47. The molecule has 88 valence electrons. The third-order valence-corrected chi connectivity index (χ3v) is 2.52. The predicted octanol–water partition coefficient (Wildman–Crippen LogP) is 0.414. The molecule has 1 aromatic carbocycles. The molecule has 0 heterocycles. The maximum absolute atomic E-state index is 10.7. The van der Waals surface area contributed by atoms with Gasteiger partial charge >= 0.3 is 5.97 Å². The summed E-state index contributed by atoms with van der Waals surface area (Å²) < 4.78 is 0. The fourth-order valence-electron chi connectivity index (χ4n) is 1.23. The number of thiol groups is 1. The molecule has 2 atom stereocenters. The topological polar surface area (TPSA) is 98.0 Å². The molecule has 2 unspecified atom stereocenters. The lowest BCUT2D eigenvalue weighted by Crippen LogP contribution is -2.20. The number of hydrogen-bond donors (Lipinski definition) is 5. The van der Waals surface area contributed by atoms with Gasteiger partial charge in [0, 0.05) is 11.3 Å². The molecule has 0 amide bonds. The molecule has 0 bridgehead atoms. The van der Waals surface area contributed by atoms with E-state index in [9.17, 15) is 20.1 Å². The Morgan fingerprint density at radius 1 is 1.38 bits per heavy atom. The quantitative estimate of drug-likeness (QED) is 0.494. The molecule has 0 aliphatic carbocycles. The molecule has 0 saturated carbocycles. The maximum Gasteiger partial charge on any atom is 0.335 e. The molecule has 0 aliphatic heterocycles. The Kier molecular flexibility index (Phi) is 4.17. The molecule has 0 radical (unpaired) electrons. The van der Waals surface area contributed by atoms with Crippen LogP contribution in [0.15, 0.2) is 18.2 Å². The number of carboxylic acid groups (broad SMARTS) is 1. The van der Waals surface area contributed by atoms with Gasteiger partial charge in [-0.3, -0.25) is 0 Å². The molecule has 0 aromatic heterocycles. The van der Waals surface area contributed by atoms with Crippen molar-refractivity contribution in [3.05, 3.63) is 29.3 Å². The second kappa shape index (κ2) is 5.20. The number of aromatic carboxylic acids is 1. The molecule has 6 heteroatoms. The van der Waals surface area contributed by atoms with Gasteiger partial charge in [0.2, 0.25) is 0 Å². The summed E-state index contributed by atoms with van der Waals surface area (Å²) in [6.07, 6.45) is -2.53. The van der Waals surface area contributed by atoms with Crippen molar-refractivity contribution in [2.45, 2.75) is 12.2 Å². The fourth-order valence-corrected chi connectivity index (χ4v) is 1.43. The summed E-state index contributed by atoms with van der Waals surface area (Å²) in [7, 11) is 0. The van der Waals surface area contributed by atoms with E-state index in [0.29, 0.717) is 0 Å². The molecule has 5 nitrogen and oxygen atoms in total. The monoisotopic (exact) mass is 244 g/mol. The Balaban J connectivity index is 3.11. The van der Waals surface area contributed by atoms with Crippen LogP contribution in [0, 0.1) is 0 Å². The average molecular weight is 244 g/mol. The average Bonchev–Trinajstić information content (AvgIpc) is 2.27. The van der Waals surface area contributed by atoms with Crippen LogP contribution in [0.3, 0.4) is 0 Å². The first-order valence-electron chi connectivity index (χ1n) is 4.50. The van der Waals surface area contributed by atoms with Crippen LogP contribution >= 0.6 is 12.6 Å². The number of benzene rings is 1. The van der Waals surface area contributed by atoms with Crippen LogP contribution in [0.4, 0.5) is 0 Å². The Hall–Kier alpha value is -1.24. The molecule has 1 aromatic rings. The number of aliphatic hydroxyl groups is 2. The predicted molar refractivity (Wildman–Crippen MR) is 59.9 cm³/mol. The molecule has 16 heavy (non-hydrogen) atoms. The number of hydrogen-bond acceptors (Lipinski definition) is 5. The molecule has 0 fully saturated rings. The van der Waals surface area contributed by atoms with E-state index in [-0.39, 0.29) is 22.6 Å². The molecular formula is C10H12O5S. The number of aromatic hydroxyl groups is 1. The number of phenols is 1. The van der Waals surface area contributed by atoms with Gasteiger partial charge in [-0.15, -0.1) is 0 Å². The van der Waals surface area contributed by atoms with Gasteiger partial charge in [0.1, 0.15) is 11.9 Å². The van der Waals surface area contributed by atoms with Gasteiger partial charge in [-0.05, 0) is 18.2 Å². The SMILES string of the molecule is O=C(O)c1ccc(O)c(C(O)C(O)CS)c1. The van der Waals surface area contributed by atoms with E-state index in [1.165, 1.54) is 6.07 Å². The highest BCUT2D eigenvalue weighted by Gasteiger charge is 2.21. The largest absolute Gasteiger partial charge is 0.508 e. The van der Waals surface area contributed by atoms with Gasteiger partial charge < -0.3 is 20.4 Å². The summed E-state index contributed by atoms with van der Waals surface area (Å²) in [5.74, 6) is -1.44. The Morgan fingerprint density at radius 3 is 2.50 bits per heavy atom. The zero-order chi connectivity index (χ0) is 12.3. The fraction of sp³-hybridized carbons (Fsp3) is 0.300. The minimum atomic E-state index is -1.36. The third kappa shape index (κ3) is 2.66.